The van der Waals surface area contributed by atoms with Crippen molar-refractivity contribution in [2.24, 2.45) is 5.92 Å². The highest BCUT2D eigenvalue weighted by Gasteiger charge is 2.13. The van der Waals surface area contributed by atoms with Gasteiger partial charge in [-0.25, -0.2) is 4.39 Å². The molecule has 0 saturated heterocycles. The molecular formula is C14H19FO3. The lowest BCUT2D eigenvalue weighted by Crippen LogP contribution is -2.12. The fourth-order valence-electron chi connectivity index (χ4n) is 1.56. The maximum Gasteiger partial charge on any atom is 0.306 e. The Morgan fingerprint density at radius 3 is 2.78 bits per heavy atom. The maximum atomic E-state index is 13.7. The normalized spacial score (nSPS) is 12.2. The molecule has 0 aliphatic rings. The number of carboxylic acids is 1. The first kappa shape index (κ1) is 14.5. The SMILES string of the molecule is CCCCOc1ccc(CC(C)C(=O)O)cc1F. The van der Waals surface area contributed by atoms with Crippen LogP contribution in [0.1, 0.15) is 32.3 Å². The molecule has 100 valence electrons. The second kappa shape index (κ2) is 6.99. The van der Waals surface area contributed by atoms with Gasteiger partial charge in [-0.3, -0.25) is 4.79 Å². The van der Waals surface area contributed by atoms with Crippen molar-refractivity contribution in [3.63, 3.8) is 0 Å². The molecule has 0 aliphatic heterocycles. The van der Waals surface area contributed by atoms with Gasteiger partial charge < -0.3 is 9.84 Å². The van der Waals surface area contributed by atoms with Gasteiger partial charge >= 0.3 is 5.97 Å². The van der Waals surface area contributed by atoms with E-state index < -0.39 is 17.7 Å². The Labute approximate surface area is 107 Å². The molecule has 1 aromatic carbocycles. The minimum atomic E-state index is -0.876. The summed E-state index contributed by atoms with van der Waals surface area (Å²) in [7, 11) is 0. The van der Waals surface area contributed by atoms with Crippen molar-refractivity contribution >= 4 is 5.97 Å². The Hall–Kier alpha value is -1.58. The van der Waals surface area contributed by atoms with Crippen molar-refractivity contribution in [3.05, 3.63) is 29.6 Å². The van der Waals surface area contributed by atoms with Crippen LogP contribution >= 0.6 is 0 Å². The van der Waals surface area contributed by atoms with Gasteiger partial charge in [0.1, 0.15) is 0 Å². The van der Waals surface area contributed by atoms with Crippen molar-refractivity contribution < 1.29 is 19.0 Å². The van der Waals surface area contributed by atoms with E-state index in [-0.39, 0.29) is 5.75 Å². The summed E-state index contributed by atoms with van der Waals surface area (Å²) < 4.78 is 18.9. The number of halogens is 1. The van der Waals surface area contributed by atoms with Gasteiger partial charge in [-0.15, -0.1) is 0 Å². The largest absolute Gasteiger partial charge is 0.491 e. The predicted molar refractivity (Wildman–Crippen MR) is 67.3 cm³/mol. The molecule has 0 saturated carbocycles. The molecule has 1 rings (SSSR count). The molecule has 1 unspecified atom stereocenters. The number of carbonyl (C=O) groups is 1. The van der Waals surface area contributed by atoms with Crippen LogP contribution < -0.4 is 4.74 Å². The first-order valence-electron chi connectivity index (χ1n) is 6.18. The van der Waals surface area contributed by atoms with Crippen molar-refractivity contribution in [2.45, 2.75) is 33.1 Å². The van der Waals surface area contributed by atoms with E-state index in [0.717, 1.165) is 12.8 Å². The van der Waals surface area contributed by atoms with Gasteiger partial charge in [-0.05, 0) is 30.5 Å². The molecule has 0 fully saturated rings. The third kappa shape index (κ3) is 4.35. The Balaban J connectivity index is 2.64. The van der Waals surface area contributed by atoms with E-state index in [1.807, 2.05) is 6.92 Å². The molecule has 1 aromatic rings. The number of benzene rings is 1. The van der Waals surface area contributed by atoms with Crippen LogP contribution in [0.25, 0.3) is 0 Å². The molecule has 0 bridgehead atoms. The summed E-state index contributed by atoms with van der Waals surface area (Å²) >= 11 is 0. The molecule has 1 N–H and O–H groups in total. The van der Waals surface area contributed by atoms with Gasteiger partial charge in [0.05, 0.1) is 12.5 Å². The van der Waals surface area contributed by atoms with Crippen LogP contribution in [0.3, 0.4) is 0 Å². The van der Waals surface area contributed by atoms with E-state index in [1.165, 1.54) is 6.07 Å². The third-order valence-electron chi connectivity index (χ3n) is 2.72. The average molecular weight is 254 g/mol. The quantitative estimate of drug-likeness (QED) is 0.760. The fourth-order valence-corrected chi connectivity index (χ4v) is 1.56. The number of hydrogen-bond acceptors (Lipinski definition) is 2. The van der Waals surface area contributed by atoms with Gasteiger partial charge in [-0.2, -0.15) is 0 Å². The zero-order valence-corrected chi connectivity index (χ0v) is 10.8. The van der Waals surface area contributed by atoms with Crippen LogP contribution in [0, 0.1) is 11.7 Å². The minimum absolute atomic E-state index is 0.232. The highest BCUT2D eigenvalue weighted by atomic mass is 19.1. The summed E-state index contributed by atoms with van der Waals surface area (Å²) in [6, 6.07) is 4.62. The fraction of sp³-hybridized carbons (Fsp3) is 0.500. The second-order valence-corrected chi connectivity index (χ2v) is 4.41. The van der Waals surface area contributed by atoms with Crippen molar-refractivity contribution in [1.82, 2.24) is 0 Å². The van der Waals surface area contributed by atoms with Crippen molar-refractivity contribution in [2.75, 3.05) is 6.61 Å². The van der Waals surface area contributed by atoms with E-state index in [9.17, 15) is 9.18 Å². The molecule has 0 spiro atoms. The van der Waals surface area contributed by atoms with Crippen molar-refractivity contribution in [1.29, 1.82) is 0 Å². The predicted octanol–water partition coefficient (Wildman–Crippen LogP) is 3.27. The smallest absolute Gasteiger partial charge is 0.306 e. The Bertz CT molecular complexity index is 404. The first-order valence-corrected chi connectivity index (χ1v) is 6.18. The molecule has 0 aromatic heterocycles. The van der Waals surface area contributed by atoms with E-state index >= 15 is 0 Å². The van der Waals surface area contributed by atoms with Crippen LogP contribution in [0.2, 0.25) is 0 Å². The highest BCUT2D eigenvalue weighted by molar-refractivity contribution is 5.69. The van der Waals surface area contributed by atoms with Gasteiger partial charge in [0, 0.05) is 0 Å². The van der Waals surface area contributed by atoms with Gasteiger partial charge in [-0.1, -0.05) is 26.3 Å². The molecule has 0 radical (unpaired) electrons. The zero-order chi connectivity index (χ0) is 13.5. The number of unbranched alkanes of at least 4 members (excludes halogenated alkanes) is 1. The second-order valence-electron chi connectivity index (χ2n) is 4.41. The zero-order valence-electron chi connectivity index (χ0n) is 10.8. The molecule has 1 atom stereocenters. The number of carboxylic acid groups (broad SMARTS) is 1. The topological polar surface area (TPSA) is 46.5 Å². The lowest BCUT2D eigenvalue weighted by atomic mass is 10.0. The van der Waals surface area contributed by atoms with Crippen LogP contribution in [0.5, 0.6) is 5.75 Å². The first-order chi connectivity index (χ1) is 8.54. The molecule has 0 amide bonds. The van der Waals surface area contributed by atoms with Crippen molar-refractivity contribution in [3.8, 4) is 5.75 Å². The van der Waals surface area contributed by atoms with E-state index in [2.05, 4.69) is 0 Å². The molecule has 3 nitrogen and oxygen atoms in total. The summed E-state index contributed by atoms with van der Waals surface area (Å²) in [5.41, 5.74) is 0.672. The summed E-state index contributed by atoms with van der Waals surface area (Å²) in [5.74, 6) is -1.59. The van der Waals surface area contributed by atoms with Crippen LogP contribution in [0.15, 0.2) is 18.2 Å². The standard InChI is InChI=1S/C14H19FO3/c1-3-4-7-18-13-6-5-11(9-12(13)15)8-10(2)14(16)17/h5-6,9-10H,3-4,7-8H2,1-2H3,(H,16,17). The Kier molecular flexibility index (Phi) is 5.62. The van der Waals surface area contributed by atoms with E-state index in [0.29, 0.717) is 18.6 Å². The van der Waals surface area contributed by atoms with Gasteiger partial charge in [0.25, 0.3) is 0 Å². The number of rotatable bonds is 7. The Morgan fingerprint density at radius 1 is 1.50 bits per heavy atom. The molecule has 18 heavy (non-hydrogen) atoms. The average Bonchev–Trinajstić information content (AvgIpc) is 2.32. The highest BCUT2D eigenvalue weighted by Crippen LogP contribution is 2.20. The van der Waals surface area contributed by atoms with Crippen LogP contribution in [0.4, 0.5) is 4.39 Å². The third-order valence-corrected chi connectivity index (χ3v) is 2.72. The summed E-state index contributed by atoms with van der Waals surface area (Å²) in [6.07, 6.45) is 2.20. The number of hydrogen-bond donors (Lipinski definition) is 1. The molecular weight excluding hydrogens is 235 g/mol. The summed E-state index contributed by atoms with van der Waals surface area (Å²) in [6.45, 7) is 4.14. The number of ether oxygens (including phenoxy) is 1. The van der Waals surface area contributed by atoms with E-state index in [1.54, 1.807) is 19.1 Å². The van der Waals surface area contributed by atoms with Gasteiger partial charge in [0.2, 0.25) is 0 Å². The van der Waals surface area contributed by atoms with Gasteiger partial charge in [0.15, 0.2) is 11.6 Å². The Morgan fingerprint density at radius 2 is 2.22 bits per heavy atom. The molecule has 0 aliphatic carbocycles. The molecule has 4 heteroatoms. The maximum absolute atomic E-state index is 13.7. The minimum Gasteiger partial charge on any atom is -0.491 e. The lowest BCUT2D eigenvalue weighted by molar-refractivity contribution is -0.141. The monoisotopic (exact) mass is 254 g/mol. The number of aliphatic carboxylic acids is 1. The lowest BCUT2D eigenvalue weighted by Gasteiger charge is -2.10. The summed E-state index contributed by atoms with van der Waals surface area (Å²) in [4.78, 5) is 10.7. The van der Waals surface area contributed by atoms with Crippen LogP contribution in [-0.4, -0.2) is 17.7 Å². The van der Waals surface area contributed by atoms with E-state index in [4.69, 9.17) is 9.84 Å². The molecule has 0 heterocycles. The summed E-state index contributed by atoms with van der Waals surface area (Å²) in [5, 5.41) is 8.79. The van der Waals surface area contributed by atoms with Crippen LogP contribution in [-0.2, 0) is 11.2 Å².